The summed E-state index contributed by atoms with van der Waals surface area (Å²) in [7, 11) is -4.67. The summed E-state index contributed by atoms with van der Waals surface area (Å²) in [5.74, 6) is 0. The first-order valence-electron chi connectivity index (χ1n) is 0.833. The van der Waals surface area contributed by atoms with Gasteiger partial charge in [-0.1, -0.05) is 0 Å². The first kappa shape index (κ1) is 10.4. The van der Waals surface area contributed by atoms with Crippen molar-refractivity contribution in [3.63, 3.8) is 0 Å². The van der Waals surface area contributed by atoms with E-state index >= 15 is 0 Å². The average molecular weight is 179 g/mol. The molecule has 7 heavy (non-hydrogen) atoms. The van der Waals surface area contributed by atoms with Crippen molar-refractivity contribution in [2.24, 2.45) is 0 Å². The van der Waals surface area contributed by atoms with Crippen LogP contribution in [0.1, 0.15) is 0 Å². The molecule has 50 valence electrons. The van der Waals surface area contributed by atoms with Gasteiger partial charge in [-0.25, -0.2) is 0 Å². The van der Waals surface area contributed by atoms with Crippen LogP contribution in [0.5, 0.6) is 0 Å². The van der Waals surface area contributed by atoms with Gasteiger partial charge in [0.15, 0.2) is 0 Å². The van der Waals surface area contributed by atoms with E-state index < -0.39 is 10.4 Å². The molecule has 0 aliphatic rings. The molecule has 0 amide bonds. The molecule has 0 unspecified atom stereocenters. The Bertz CT molecular complexity index is 91.2. The van der Waals surface area contributed by atoms with Crippen LogP contribution in [-0.2, 0) is 26.7 Å². The Balaban J connectivity index is 0. The van der Waals surface area contributed by atoms with Crippen LogP contribution in [0, 0.1) is 0 Å². The van der Waals surface area contributed by atoms with Gasteiger partial charge >= 0.3 is 30.9 Å². The summed E-state index contributed by atoms with van der Waals surface area (Å²) >= 11 is 3.19. The molecule has 0 aromatic carbocycles. The zero-order valence-corrected chi connectivity index (χ0v) is 4.63. The molecule has 7 heteroatoms. The van der Waals surface area contributed by atoms with E-state index in [0.29, 0.717) is 0 Å². The Morgan fingerprint density at radius 3 is 1.14 bits per heavy atom. The van der Waals surface area contributed by atoms with Crippen molar-refractivity contribution >= 4 is 10.4 Å². The second-order valence-electron chi connectivity index (χ2n) is 0.448. The Labute approximate surface area is 49.1 Å². The summed E-state index contributed by atoms with van der Waals surface area (Å²) in [6.07, 6.45) is 0. The number of rotatable bonds is 0. The molecule has 5 nitrogen and oxygen atoms in total. The summed E-state index contributed by atoms with van der Waals surface area (Å²) < 4.78 is 38.1. The molecule has 3 N–H and O–H groups in total. The predicted molar refractivity (Wildman–Crippen MR) is 16.4 cm³/mol. The van der Waals surface area contributed by atoms with Crippen LogP contribution in [0.25, 0.3) is 0 Å². The summed E-state index contributed by atoms with van der Waals surface area (Å²) in [5, 5.41) is 0. The zero-order valence-electron chi connectivity index (χ0n) is 2.87. The van der Waals surface area contributed by atoms with Crippen LogP contribution in [0.3, 0.4) is 0 Å². The Morgan fingerprint density at radius 2 is 1.14 bits per heavy atom. The molecule has 0 aliphatic carbocycles. The Morgan fingerprint density at radius 1 is 1.14 bits per heavy atom. The molecule has 0 bridgehead atoms. The van der Waals surface area contributed by atoms with E-state index in [4.69, 9.17) is 21.7 Å². The van der Waals surface area contributed by atoms with Gasteiger partial charge in [0.05, 0.1) is 0 Å². The fraction of sp³-hybridized carbons (Fsp3) is 0. The molecule has 0 spiro atoms. The molecule has 0 heterocycles. The molecule has 0 rings (SSSR count). The van der Waals surface area contributed by atoms with E-state index in [-0.39, 0.29) is 0 Å². The molecule has 0 saturated heterocycles. The van der Waals surface area contributed by atoms with E-state index in [1.165, 1.54) is 0 Å². The molecule has 0 aromatic heterocycles. The van der Waals surface area contributed by atoms with Crippen LogP contribution in [0.4, 0.5) is 0 Å². The predicted octanol–water partition coefficient (Wildman–Crippen LogP) is -1.21. The van der Waals surface area contributed by atoms with Crippen molar-refractivity contribution in [2.45, 2.75) is 0 Å². The molecule has 0 fully saturated rings. The van der Waals surface area contributed by atoms with Crippen molar-refractivity contribution in [3.8, 4) is 0 Å². The normalized spacial score (nSPS) is 9.29. The second-order valence-corrected chi connectivity index (χ2v) is 1.34. The number of hydrogen-bond donors (Lipinski definition) is 3. The minimum absolute atomic E-state index is 3.19. The fourth-order valence-electron chi connectivity index (χ4n) is 0. The third-order valence-electron chi connectivity index (χ3n) is 0. The molecule has 0 aromatic rings. The van der Waals surface area contributed by atoms with E-state index in [1.807, 2.05) is 0 Å². The van der Waals surface area contributed by atoms with Gasteiger partial charge in [-0.3, -0.25) is 9.11 Å². The van der Waals surface area contributed by atoms with Crippen molar-refractivity contribution in [2.75, 3.05) is 0 Å². The van der Waals surface area contributed by atoms with Crippen LogP contribution in [0.2, 0.25) is 0 Å². The van der Waals surface area contributed by atoms with Crippen LogP contribution in [-0.4, -0.2) is 21.7 Å². The molecular formula is H3CuO5S. The number of hydrogen-bond acceptors (Lipinski definition) is 3. The van der Waals surface area contributed by atoms with Crippen molar-refractivity contribution < 1.29 is 38.1 Å². The summed E-state index contributed by atoms with van der Waals surface area (Å²) in [6.45, 7) is 0. The maximum atomic E-state index is 8.74. The third-order valence-corrected chi connectivity index (χ3v) is 0. The van der Waals surface area contributed by atoms with E-state index in [9.17, 15) is 0 Å². The maximum absolute atomic E-state index is 8.74. The van der Waals surface area contributed by atoms with Gasteiger partial charge in [0.2, 0.25) is 0 Å². The van der Waals surface area contributed by atoms with Gasteiger partial charge in [-0.05, 0) is 0 Å². The van der Waals surface area contributed by atoms with Gasteiger partial charge in [0.1, 0.15) is 0 Å². The standard InChI is InChI=1S/Cu.H2O4S.H2O/c;1-5(2,3)4;/h;(H2,1,2,3,4);1H2/q+1;;/p-1. The first-order valence-corrected chi connectivity index (χ1v) is 2.65. The van der Waals surface area contributed by atoms with Crippen LogP contribution < -0.4 is 0 Å². The third kappa shape index (κ3) is 983. The molecule has 0 atom stereocenters. The zero-order chi connectivity index (χ0) is 6.50. The van der Waals surface area contributed by atoms with Gasteiger partial charge < -0.3 is 0 Å². The molecular weight excluding hydrogens is 176 g/mol. The van der Waals surface area contributed by atoms with Gasteiger partial charge in [-0.2, -0.15) is 8.42 Å². The quantitative estimate of drug-likeness (QED) is 0.320. The minimum atomic E-state index is -4.67. The molecule has 0 radical (unpaired) electrons. The van der Waals surface area contributed by atoms with Crippen molar-refractivity contribution in [1.29, 1.82) is 0 Å². The summed E-state index contributed by atoms with van der Waals surface area (Å²) in [5.41, 5.74) is 0. The monoisotopic (exact) mass is 178 g/mol. The van der Waals surface area contributed by atoms with Crippen molar-refractivity contribution in [1.82, 2.24) is 0 Å². The Kier molecular flexibility index (Phi) is 6.67. The van der Waals surface area contributed by atoms with Crippen LogP contribution in [0.15, 0.2) is 0 Å². The molecule has 0 saturated carbocycles. The topological polar surface area (TPSA) is 94.8 Å². The SMILES string of the molecule is O=S(=O)(O)O.[OH][Cu]. The van der Waals surface area contributed by atoms with Crippen LogP contribution >= 0.6 is 0 Å². The second kappa shape index (κ2) is 4.51. The van der Waals surface area contributed by atoms with Gasteiger partial charge in [0, 0.05) is 0 Å². The van der Waals surface area contributed by atoms with Gasteiger partial charge in [-0.15, -0.1) is 0 Å². The summed E-state index contributed by atoms with van der Waals surface area (Å²) in [4.78, 5) is 0. The summed E-state index contributed by atoms with van der Waals surface area (Å²) in [6, 6.07) is 0. The molecule has 0 aliphatic heterocycles. The fourth-order valence-corrected chi connectivity index (χ4v) is 0. The van der Waals surface area contributed by atoms with Crippen molar-refractivity contribution in [3.05, 3.63) is 0 Å². The van der Waals surface area contributed by atoms with Gasteiger partial charge in [0.25, 0.3) is 0 Å². The van der Waals surface area contributed by atoms with E-state index in [0.717, 1.165) is 0 Å². The first-order chi connectivity index (χ1) is 3.00. The van der Waals surface area contributed by atoms with E-state index in [1.54, 1.807) is 0 Å². The van der Waals surface area contributed by atoms with E-state index in [2.05, 4.69) is 16.3 Å². The Hall–Kier alpha value is 0.349. The average Bonchev–Trinajstić information content (AvgIpc) is 1.36.